The largest absolute Gasteiger partial charge is 0.496 e. The first-order valence-corrected chi connectivity index (χ1v) is 8.04. The van der Waals surface area contributed by atoms with E-state index in [9.17, 15) is 4.79 Å². The SMILES string of the molecule is COc1ccccc1CCNC(=O)c1cc(C)n(C(C)C)c1C. The Morgan fingerprint density at radius 3 is 2.57 bits per heavy atom. The molecule has 0 saturated heterocycles. The third-order valence-electron chi connectivity index (χ3n) is 4.12. The van der Waals surface area contributed by atoms with Crippen molar-refractivity contribution in [1.29, 1.82) is 0 Å². The van der Waals surface area contributed by atoms with Crippen molar-refractivity contribution < 1.29 is 9.53 Å². The lowest BCUT2D eigenvalue weighted by Gasteiger charge is -2.13. The van der Waals surface area contributed by atoms with Crippen molar-refractivity contribution in [3.8, 4) is 5.75 Å². The molecule has 0 aliphatic carbocycles. The van der Waals surface area contributed by atoms with Crippen molar-refractivity contribution in [3.05, 3.63) is 52.8 Å². The lowest BCUT2D eigenvalue weighted by Crippen LogP contribution is -2.26. The molecule has 0 aliphatic heterocycles. The molecule has 4 nitrogen and oxygen atoms in total. The van der Waals surface area contributed by atoms with Crippen LogP contribution in [0.3, 0.4) is 0 Å². The molecule has 0 aliphatic rings. The standard InChI is InChI=1S/C19H26N2O2/c1-13(2)21-14(3)12-17(15(21)4)19(22)20-11-10-16-8-6-7-9-18(16)23-5/h6-9,12-13H,10-11H2,1-5H3,(H,20,22). The van der Waals surface area contributed by atoms with E-state index in [0.717, 1.165) is 34.7 Å². The molecule has 1 amide bonds. The smallest absolute Gasteiger partial charge is 0.253 e. The highest BCUT2D eigenvalue weighted by molar-refractivity contribution is 5.95. The molecule has 0 spiro atoms. The molecule has 2 aromatic rings. The van der Waals surface area contributed by atoms with Crippen LogP contribution in [0.1, 0.15) is 47.2 Å². The zero-order valence-electron chi connectivity index (χ0n) is 14.6. The third kappa shape index (κ3) is 3.76. The fourth-order valence-electron chi connectivity index (χ4n) is 3.12. The normalized spacial score (nSPS) is 10.9. The Kier molecular flexibility index (Phi) is 5.48. The van der Waals surface area contributed by atoms with E-state index < -0.39 is 0 Å². The monoisotopic (exact) mass is 314 g/mol. The molecule has 1 aromatic heterocycles. The number of rotatable bonds is 6. The van der Waals surface area contributed by atoms with Gasteiger partial charge in [0.05, 0.1) is 12.7 Å². The number of ether oxygens (including phenoxy) is 1. The summed E-state index contributed by atoms with van der Waals surface area (Å²) < 4.78 is 7.53. The highest BCUT2D eigenvalue weighted by atomic mass is 16.5. The van der Waals surface area contributed by atoms with E-state index in [2.05, 4.69) is 23.7 Å². The van der Waals surface area contributed by atoms with E-state index in [1.165, 1.54) is 0 Å². The minimum absolute atomic E-state index is 0.0140. The average molecular weight is 314 g/mol. The molecular formula is C19H26N2O2. The summed E-state index contributed by atoms with van der Waals surface area (Å²) in [6.45, 7) is 8.89. The van der Waals surface area contributed by atoms with Crippen LogP contribution >= 0.6 is 0 Å². The first-order valence-electron chi connectivity index (χ1n) is 8.04. The van der Waals surface area contributed by atoms with Crippen molar-refractivity contribution in [2.75, 3.05) is 13.7 Å². The quantitative estimate of drug-likeness (QED) is 0.884. The van der Waals surface area contributed by atoms with Crippen LogP contribution in [-0.4, -0.2) is 24.1 Å². The zero-order valence-corrected chi connectivity index (χ0v) is 14.6. The minimum atomic E-state index is -0.0140. The number of aryl methyl sites for hydroxylation is 1. The van der Waals surface area contributed by atoms with Crippen molar-refractivity contribution in [2.45, 2.75) is 40.2 Å². The summed E-state index contributed by atoms with van der Waals surface area (Å²) in [4.78, 5) is 12.4. The van der Waals surface area contributed by atoms with Gasteiger partial charge in [0.15, 0.2) is 0 Å². The molecular weight excluding hydrogens is 288 g/mol. The molecule has 0 saturated carbocycles. The van der Waals surface area contributed by atoms with Crippen molar-refractivity contribution in [2.24, 2.45) is 0 Å². The van der Waals surface area contributed by atoms with Crippen molar-refractivity contribution in [3.63, 3.8) is 0 Å². The lowest BCUT2D eigenvalue weighted by atomic mass is 10.1. The van der Waals surface area contributed by atoms with Crippen LogP contribution in [0.25, 0.3) is 0 Å². The van der Waals surface area contributed by atoms with Crippen LogP contribution in [0.4, 0.5) is 0 Å². The number of nitrogens with zero attached hydrogens (tertiary/aromatic N) is 1. The number of amides is 1. The summed E-state index contributed by atoms with van der Waals surface area (Å²) in [5.41, 5.74) is 4.00. The van der Waals surface area contributed by atoms with E-state index in [1.807, 2.05) is 44.2 Å². The predicted molar refractivity (Wildman–Crippen MR) is 93.3 cm³/mol. The minimum Gasteiger partial charge on any atom is -0.496 e. The summed E-state index contributed by atoms with van der Waals surface area (Å²) in [5.74, 6) is 0.847. The molecule has 0 fully saturated rings. The summed E-state index contributed by atoms with van der Waals surface area (Å²) in [7, 11) is 1.66. The van der Waals surface area contributed by atoms with Gasteiger partial charge in [-0.1, -0.05) is 18.2 Å². The number of nitrogens with one attached hydrogen (secondary N) is 1. The number of methoxy groups -OCH3 is 1. The maximum Gasteiger partial charge on any atom is 0.253 e. The Hall–Kier alpha value is -2.23. The first-order chi connectivity index (χ1) is 11.0. The van der Waals surface area contributed by atoms with Gasteiger partial charge in [0.1, 0.15) is 5.75 Å². The highest BCUT2D eigenvalue weighted by Gasteiger charge is 2.16. The van der Waals surface area contributed by atoms with Gasteiger partial charge in [-0.05, 0) is 51.8 Å². The molecule has 124 valence electrons. The second kappa shape index (κ2) is 7.36. The van der Waals surface area contributed by atoms with E-state index in [1.54, 1.807) is 7.11 Å². The van der Waals surface area contributed by atoms with Gasteiger partial charge in [0.2, 0.25) is 0 Å². The zero-order chi connectivity index (χ0) is 17.0. The van der Waals surface area contributed by atoms with Crippen LogP contribution < -0.4 is 10.1 Å². The van der Waals surface area contributed by atoms with Gasteiger partial charge in [-0.3, -0.25) is 4.79 Å². The van der Waals surface area contributed by atoms with Crippen LogP contribution in [0.15, 0.2) is 30.3 Å². The summed E-state index contributed by atoms with van der Waals surface area (Å²) in [6, 6.07) is 10.2. The topological polar surface area (TPSA) is 43.3 Å². The first kappa shape index (κ1) is 17.1. The van der Waals surface area contributed by atoms with Gasteiger partial charge in [0.25, 0.3) is 5.91 Å². The number of carbonyl (C=O) groups is 1. The molecule has 1 aromatic carbocycles. The summed E-state index contributed by atoms with van der Waals surface area (Å²) >= 11 is 0. The average Bonchev–Trinajstić information content (AvgIpc) is 2.82. The van der Waals surface area contributed by atoms with Crippen LogP contribution in [0.2, 0.25) is 0 Å². The molecule has 0 bridgehead atoms. The molecule has 23 heavy (non-hydrogen) atoms. The summed E-state index contributed by atoms with van der Waals surface area (Å²) in [6.07, 6.45) is 0.749. The molecule has 0 radical (unpaired) electrons. The second-order valence-electron chi connectivity index (χ2n) is 6.07. The highest BCUT2D eigenvalue weighted by Crippen LogP contribution is 2.20. The van der Waals surface area contributed by atoms with Crippen molar-refractivity contribution >= 4 is 5.91 Å². The fourth-order valence-corrected chi connectivity index (χ4v) is 3.12. The molecule has 0 unspecified atom stereocenters. The summed E-state index contributed by atoms with van der Waals surface area (Å²) in [5, 5.41) is 3.01. The van der Waals surface area contributed by atoms with Crippen molar-refractivity contribution in [1.82, 2.24) is 9.88 Å². The van der Waals surface area contributed by atoms with Crippen LogP contribution in [0.5, 0.6) is 5.75 Å². The van der Waals surface area contributed by atoms with Gasteiger partial charge in [0, 0.05) is 24.0 Å². The molecule has 0 atom stereocenters. The fraction of sp³-hybridized carbons (Fsp3) is 0.421. The Morgan fingerprint density at radius 2 is 1.96 bits per heavy atom. The van der Waals surface area contributed by atoms with E-state index >= 15 is 0 Å². The van der Waals surface area contributed by atoms with E-state index in [0.29, 0.717) is 12.6 Å². The lowest BCUT2D eigenvalue weighted by molar-refractivity contribution is 0.0953. The van der Waals surface area contributed by atoms with Gasteiger partial charge < -0.3 is 14.6 Å². The van der Waals surface area contributed by atoms with Gasteiger partial charge >= 0.3 is 0 Å². The molecule has 1 heterocycles. The van der Waals surface area contributed by atoms with Gasteiger partial charge in [-0.15, -0.1) is 0 Å². The second-order valence-corrected chi connectivity index (χ2v) is 6.07. The van der Waals surface area contributed by atoms with E-state index in [-0.39, 0.29) is 5.91 Å². The Balaban J connectivity index is 2.02. The number of carbonyl (C=O) groups excluding carboxylic acids is 1. The molecule has 4 heteroatoms. The predicted octanol–water partition coefficient (Wildman–Crippen LogP) is 3.67. The Bertz CT molecular complexity index is 687. The number of hydrogen-bond donors (Lipinski definition) is 1. The van der Waals surface area contributed by atoms with E-state index in [4.69, 9.17) is 4.74 Å². The Morgan fingerprint density at radius 1 is 1.26 bits per heavy atom. The Labute approximate surface area is 138 Å². The van der Waals surface area contributed by atoms with Crippen LogP contribution in [-0.2, 0) is 6.42 Å². The third-order valence-corrected chi connectivity index (χ3v) is 4.12. The number of aromatic nitrogens is 1. The number of para-hydroxylation sites is 1. The van der Waals surface area contributed by atoms with Gasteiger partial charge in [-0.25, -0.2) is 0 Å². The maximum absolute atomic E-state index is 12.4. The maximum atomic E-state index is 12.4. The van der Waals surface area contributed by atoms with Crippen LogP contribution in [0, 0.1) is 13.8 Å². The number of benzene rings is 1. The molecule has 2 rings (SSSR count). The van der Waals surface area contributed by atoms with Gasteiger partial charge in [-0.2, -0.15) is 0 Å². The number of hydrogen-bond acceptors (Lipinski definition) is 2. The molecule has 1 N–H and O–H groups in total.